The van der Waals surface area contributed by atoms with Gasteiger partial charge in [0, 0.05) is 35.8 Å². The lowest BCUT2D eigenvalue weighted by Crippen LogP contribution is -2.43. The molecule has 3 amide bonds. The first-order valence-corrected chi connectivity index (χ1v) is 11.0. The Balaban J connectivity index is 1.29. The second-order valence-electron chi connectivity index (χ2n) is 8.03. The zero-order valence-electron chi connectivity index (χ0n) is 17.8. The van der Waals surface area contributed by atoms with Crippen LogP contribution in [0.25, 0.3) is 21.9 Å². The van der Waals surface area contributed by atoms with Gasteiger partial charge in [-0.3, -0.25) is 4.79 Å². The van der Waals surface area contributed by atoms with Crippen LogP contribution < -0.4 is 20.7 Å². The van der Waals surface area contributed by atoms with Gasteiger partial charge in [0.15, 0.2) is 0 Å². The van der Waals surface area contributed by atoms with Crippen LogP contribution in [0.15, 0.2) is 40.8 Å². The lowest BCUT2D eigenvalue weighted by atomic mass is 9.96. The summed E-state index contributed by atoms with van der Waals surface area (Å²) < 4.78 is 11.4. The molecule has 1 saturated carbocycles. The number of methoxy groups -OCH3 is 1. The van der Waals surface area contributed by atoms with Crippen LogP contribution in [-0.4, -0.2) is 31.6 Å². The number of nitrogens with one attached hydrogen (secondary N) is 3. The molecule has 164 valence electrons. The Kier molecular flexibility index (Phi) is 6.60. The van der Waals surface area contributed by atoms with Crippen molar-refractivity contribution < 1.29 is 18.7 Å². The fraction of sp³-hybridized carbons (Fsp3) is 0.417. The first kappa shape index (κ1) is 21.0. The molecule has 0 unspecified atom stereocenters. The van der Waals surface area contributed by atoms with Crippen LogP contribution in [0.3, 0.4) is 0 Å². The van der Waals surface area contributed by atoms with E-state index in [-0.39, 0.29) is 18.0 Å². The number of carbonyl (C=O) groups excluding carboxylic acids is 2. The molecule has 7 heteroatoms. The van der Waals surface area contributed by atoms with Gasteiger partial charge in [0.05, 0.1) is 12.8 Å². The zero-order chi connectivity index (χ0) is 21.6. The molecule has 1 aliphatic rings. The molecule has 0 saturated heterocycles. The standard InChI is InChI=1S/C24H29N3O4/c1-30-22-14-18-17-10-5-6-11-20(17)31-21(18)15-19(22)27-23(28)12-7-13-25-24(29)26-16-8-3-2-4-9-16/h5-6,10-11,14-16H,2-4,7-9,12-13H2,1H3,(H,27,28)(H2,25,26,29). The monoisotopic (exact) mass is 423 g/mol. The van der Waals surface area contributed by atoms with Crippen molar-refractivity contribution in [2.75, 3.05) is 19.0 Å². The van der Waals surface area contributed by atoms with E-state index in [1.54, 1.807) is 13.2 Å². The van der Waals surface area contributed by atoms with E-state index >= 15 is 0 Å². The van der Waals surface area contributed by atoms with Gasteiger partial charge >= 0.3 is 6.03 Å². The van der Waals surface area contributed by atoms with Gasteiger partial charge in [-0.15, -0.1) is 0 Å². The van der Waals surface area contributed by atoms with Crippen molar-refractivity contribution in [3.8, 4) is 5.75 Å². The number of fused-ring (bicyclic) bond motifs is 3. The predicted molar refractivity (Wildman–Crippen MR) is 122 cm³/mol. The summed E-state index contributed by atoms with van der Waals surface area (Å²) in [6, 6.07) is 11.6. The molecule has 31 heavy (non-hydrogen) atoms. The van der Waals surface area contributed by atoms with Gasteiger partial charge in [0.2, 0.25) is 5.91 Å². The second-order valence-corrected chi connectivity index (χ2v) is 8.03. The Hall–Kier alpha value is -3.22. The lowest BCUT2D eigenvalue weighted by molar-refractivity contribution is -0.116. The summed E-state index contributed by atoms with van der Waals surface area (Å²) in [5.74, 6) is 0.445. The largest absolute Gasteiger partial charge is 0.495 e. The van der Waals surface area contributed by atoms with Crippen molar-refractivity contribution in [3.05, 3.63) is 36.4 Å². The Morgan fingerprint density at radius 3 is 2.68 bits per heavy atom. The van der Waals surface area contributed by atoms with Gasteiger partial charge in [-0.2, -0.15) is 0 Å². The van der Waals surface area contributed by atoms with Gasteiger partial charge in [0.1, 0.15) is 16.9 Å². The molecule has 2 aromatic carbocycles. The fourth-order valence-electron chi connectivity index (χ4n) is 4.16. The summed E-state index contributed by atoms with van der Waals surface area (Å²) in [7, 11) is 1.58. The topological polar surface area (TPSA) is 92.6 Å². The van der Waals surface area contributed by atoms with E-state index < -0.39 is 0 Å². The summed E-state index contributed by atoms with van der Waals surface area (Å²) >= 11 is 0. The third-order valence-electron chi connectivity index (χ3n) is 5.78. The molecule has 1 fully saturated rings. The summed E-state index contributed by atoms with van der Waals surface area (Å²) in [4.78, 5) is 24.4. The van der Waals surface area contributed by atoms with Gasteiger partial charge in [0.25, 0.3) is 0 Å². The predicted octanol–water partition coefficient (Wildman–Crippen LogP) is 4.95. The quantitative estimate of drug-likeness (QED) is 0.469. The maximum absolute atomic E-state index is 12.4. The highest BCUT2D eigenvalue weighted by Crippen LogP contribution is 2.36. The van der Waals surface area contributed by atoms with E-state index in [1.165, 1.54) is 19.3 Å². The van der Waals surface area contributed by atoms with E-state index in [1.807, 2.05) is 30.3 Å². The molecule has 4 rings (SSSR count). The highest BCUT2D eigenvalue weighted by atomic mass is 16.5. The Morgan fingerprint density at radius 1 is 1.06 bits per heavy atom. The normalized spacial score (nSPS) is 14.5. The van der Waals surface area contributed by atoms with Crippen LogP contribution in [0, 0.1) is 0 Å². The van der Waals surface area contributed by atoms with Crippen molar-refractivity contribution in [1.82, 2.24) is 10.6 Å². The maximum Gasteiger partial charge on any atom is 0.315 e. The second kappa shape index (κ2) is 9.73. The maximum atomic E-state index is 12.4. The van der Waals surface area contributed by atoms with Crippen LogP contribution in [0.2, 0.25) is 0 Å². The Labute approximate surface area is 181 Å². The van der Waals surface area contributed by atoms with Gasteiger partial charge in [-0.1, -0.05) is 37.5 Å². The number of hydrogen-bond acceptors (Lipinski definition) is 4. The Morgan fingerprint density at radius 2 is 1.87 bits per heavy atom. The number of urea groups is 1. The SMILES string of the molecule is COc1cc2c(cc1NC(=O)CCCNC(=O)NC1CCCCC1)oc1ccccc12. The molecular formula is C24H29N3O4. The number of hydrogen-bond donors (Lipinski definition) is 3. The molecular weight excluding hydrogens is 394 g/mol. The number of ether oxygens (including phenoxy) is 1. The molecule has 1 aliphatic carbocycles. The van der Waals surface area contributed by atoms with Crippen LogP contribution >= 0.6 is 0 Å². The van der Waals surface area contributed by atoms with Crippen molar-refractivity contribution in [1.29, 1.82) is 0 Å². The first-order chi connectivity index (χ1) is 15.1. The van der Waals surface area contributed by atoms with Gasteiger partial charge in [-0.25, -0.2) is 4.79 Å². The highest BCUT2D eigenvalue weighted by Gasteiger charge is 2.16. The van der Waals surface area contributed by atoms with Gasteiger partial charge < -0.3 is 25.1 Å². The molecule has 1 heterocycles. The summed E-state index contributed by atoms with van der Waals surface area (Å²) in [6.07, 6.45) is 6.55. The third-order valence-corrected chi connectivity index (χ3v) is 5.78. The molecule has 3 aromatic rings. The molecule has 0 aliphatic heterocycles. The smallest absolute Gasteiger partial charge is 0.315 e. The number of para-hydroxylation sites is 1. The molecule has 0 bridgehead atoms. The summed E-state index contributed by atoms with van der Waals surface area (Å²) in [5, 5.41) is 10.7. The van der Waals surface area contributed by atoms with Crippen LogP contribution in [0.1, 0.15) is 44.9 Å². The minimum Gasteiger partial charge on any atom is -0.495 e. The number of furan rings is 1. The van der Waals surface area contributed by atoms with Crippen LogP contribution in [-0.2, 0) is 4.79 Å². The zero-order valence-corrected chi connectivity index (χ0v) is 17.8. The fourth-order valence-corrected chi connectivity index (χ4v) is 4.16. The molecule has 7 nitrogen and oxygen atoms in total. The Bertz CT molecular complexity index is 1070. The van der Waals surface area contributed by atoms with Crippen molar-refractivity contribution >= 4 is 39.6 Å². The molecule has 0 atom stereocenters. The van der Waals surface area contributed by atoms with E-state index in [0.29, 0.717) is 36.4 Å². The number of carbonyl (C=O) groups is 2. The average molecular weight is 424 g/mol. The molecule has 0 radical (unpaired) electrons. The third kappa shape index (κ3) is 5.10. The van der Waals surface area contributed by atoms with Crippen LogP contribution in [0.4, 0.5) is 10.5 Å². The number of anilines is 1. The summed E-state index contributed by atoms with van der Waals surface area (Å²) in [5.41, 5.74) is 2.06. The first-order valence-electron chi connectivity index (χ1n) is 11.0. The molecule has 3 N–H and O–H groups in total. The summed E-state index contributed by atoms with van der Waals surface area (Å²) in [6.45, 7) is 0.450. The highest BCUT2D eigenvalue weighted by molar-refractivity contribution is 6.07. The van der Waals surface area contributed by atoms with Crippen molar-refractivity contribution in [2.24, 2.45) is 0 Å². The van der Waals surface area contributed by atoms with Crippen LogP contribution in [0.5, 0.6) is 5.75 Å². The van der Waals surface area contributed by atoms with Gasteiger partial charge in [-0.05, 0) is 31.4 Å². The van der Waals surface area contributed by atoms with E-state index in [9.17, 15) is 9.59 Å². The molecule has 0 spiro atoms. The minimum atomic E-state index is -0.149. The van der Waals surface area contributed by atoms with E-state index in [4.69, 9.17) is 9.15 Å². The average Bonchev–Trinajstić information content (AvgIpc) is 3.14. The lowest BCUT2D eigenvalue weighted by Gasteiger charge is -2.22. The number of benzene rings is 2. The van der Waals surface area contributed by atoms with E-state index in [0.717, 1.165) is 29.2 Å². The molecule has 1 aromatic heterocycles. The van der Waals surface area contributed by atoms with Crippen molar-refractivity contribution in [3.63, 3.8) is 0 Å². The van der Waals surface area contributed by atoms with E-state index in [2.05, 4.69) is 16.0 Å². The van der Waals surface area contributed by atoms with Crippen molar-refractivity contribution in [2.45, 2.75) is 51.0 Å². The number of rotatable bonds is 7. The minimum absolute atomic E-state index is 0.136. The number of amides is 3.